The van der Waals surface area contributed by atoms with Crippen LogP contribution in [-0.2, 0) is 13.6 Å². The van der Waals surface area contributed by atoms with Crippen molar-refractivity contribution in [2.45, 2.75) is 6.54 Å². The molecule has 1 aromatic heterocycles. The fourth-order valence-corrected chi connectivity index (χ4v) is 2.13. The van der Waals surface area contributed by atoms with Crippen molar-refractivity contribution in [2.75, 3.05) is 7.05 Å². The van der Waals surface area contributed by atoms with E-state index in [1.807, 2.05) is 30.9 Å². The van der Waals surface area contributed by atoms with E-state index in [1.165, 1.54) is 11.1 Å². The third kappa shape index (κ3) is 2.33. The van der Waals surface area contributed by atoms with E-state index in [9.17, 15) is 0 Å². The lowest BCUT2D eigenvalue weighted by Gasteiger charge is -2.02. The summed E-state index contributed by atoms with van der Waals surface area (Å²) in [6, 6.07) is 8.27. The summed E-state index contributed by atoms with van der Waals surface area (Å²) in [5, 5.41) is 7.58. The Balaban J connectivity index is 2.46. The van der Waals surface area contributed by atoms with Crippen LogP contribution in [0, 0.1) is 0 Å². The van der Waals surface area contributed by atoms with Crippen LogP contribution in [0.2, 0.25) is 0 Å². The molecular weight excluding hydrogens is 266 g/mol. The maximum absolute atomic E-state index is 4.45. The molecule has 0 aliphatic heterocycles. The quantitative estimate of drug-likeness (QED) is 0.936. The minimum absolute atomic E-state index is 0.780. The molecule has 0 aliphatic rings. The second-order valence-corrected chi connectivity index (χ2v) is 4.62. The van der Waals surface area contributed by atoms with Gasteiger partial charge in [0.05, 0.1) is 5.69 Å². The van der Waals surface area contributed by atoms with E-state index in [-0.39, 0.29) is 0 Å². The Kier molecular flexibility index (Phi) is 3.41. The second-order valence-electron chi connectivity index (χ2n) is 3.70. The van der Waals surface area contributed by atoms with Crippen molar-refractivity contribution < 1.29 is 0 Å². The lowest BCUT2D eigenvalue weighted by atomic mass is 10.1. The van der Waals surface area contributed by atoms with Crippen LogP contribution in [0.5, 0.6) is 0 Å². The Morgan fingerprint density at radius 2 is 2.25 bits per heavy atom. The van der Waals surface area contributed by atoms with Crippen molar-refractivity contribution in [3.63, 3.8) is 0 Å². The lowest BCUT2D eigenvalue weighted by Crippen LogP contribution is -2.07. The zero-order valence-electron chi connectivity index (χ0n) is 9.37. The fourth-order valence-electron chi connectivity index (χ4n) is 1.73. The van der Waals surface area contributed by atoms with Crippen molar-refractivity contribution in [1.29, 1.82) is 0 Å². The molecule has 0 unspecified atom stereocenters. The summed E-state index contributed by atoms with van der Waals surface area (Å²) < 4.78 is 2.94. The number of halogens is 1. The molecule has 0 saturated heterocycles. The average molecular weight is 280 g/mol. The number of aryl methyl sites for hydroxylation is 1. The number of nitrogens with one attached hydrogen (secondary N) is 1. The second kappa shape index (κ2) is 4.80. The summed E-state index contributed by atoms with van der Waals surface area (Å²) >= 11 is 3.49. The van der Waals surface area contributed by atoms with E-state index >= 15 is 0 Å². The van der Waals surface area contributed by atoms with Crippen LogP contribution >= 0.6 is 15.9 Å². The summed E-state index contributed by atoms with van der Waals surface area (Å²) in [5.74, 6) is 0. The van der Waals surface area contributed by atoms with E-state index in [1.54, 1.807) is 0 Å². The van der Waals surface area contributed by atoms with E-state index in [2.05, 4.69) is 44.7 Å². The highest BCUT2D eigenvalue weighted by molar-refractivity contribution is 9.10. The maximum atomic E-state index is 4.45. The van der Waals surface area contributed by atoms with Crippen LogP contribution in [0.15, 0.2) is 34.9 Å². The van der Waals surface area contributed by atoms with Gasteiger partial charge in [0.15, 0.2) is 0 Å². The maximum Gasteiger partial charge on any atom is 0.0840 e. The molecule has 2 aromatic rings. The summed E-state index contributed by atoms with van der Waals surface area (Å²) in [6.45, 7) is 0.780. The molecule has 0 radical (unpaired) electrons. The third-order valence-electron chi connectivity index (χ3n) is 2.39. The van der Waals surface area contributed by atoms with Gasteiger partial charge in [-0.2, -0.15) is 5.10 Å². The zero-order chi connectivity index (χ0) is 11.5. The van der Waals surface area contributed by atoms with Crippen molar-refractivity contribution in [3.8, 4) is 11.1 Å². The van der Waals surface area contributed by atoms with Gasteiger partial charge in [-0.05, 0) is 24.7 Å². The highest BCUT2D eigenvalue weighted by atomic mass is 79.9. The molecule has 0 spiro atoms. The minimum Gasteiger partial charge on any atom is -0.314 e. The number of rotatable bonds is 3. The van der Waals surface area contributed by atoms with Crippen molar-refractivity contribution in [2.24, 2.45) is 7.05 Å². The molecule has 3 nitrogen and oxygen atoms in total. The number of hydrogen-bond acceptors (Lipinski definition) is 2. The van der Waals surface area contributed by atoms with E-state index in [4.69, 9.17) is 0 Å². The van der Waals surface area contributed by atoms with Gasteiger partial charge in [-0.25, -0.2) is 0 Å². The molecule has 1 N–H and O–H groups in total. The Bertz CT molecular complexity index is 491. The molecule has 1 aromatic carbocycles. The molecule has 16 heavy (non-hydrogen) atoms. The molecule has 0 atom stereocenters. The van der Waals surface area contributed by atoms with Crippen molar-refractivity contribution in [1.82, 2.24) is 15.1 Å². The Hall–Kier alpha value is -1.13. The molecule has 1 heterocycles. The highest BCUT2D eigenvalue weighted by Gasteiger charge is 2.08. The zero-order valence-corrected chi connectivity index (χ0v) is 11.0. The molecule has 0 amide bonds. The highest BCUT2D eigenvalue weighted by Crippen LogP contribution is 2.25. The lowest BCUT2D eigenvalue weighted by molar-refractivity contribution is 0.712. The Morgan fingerprint density at radius 3 is 2.94 bits per heavy atom. The van der Waals surface area contributed by atoms with Crippen LogP contribution in [0.25, 0.3) is 11.1 Å². The fraction of sp³-hybridized carbons (Fsp3) is 0.250. The molecule has 0 fully saturated rings. The molecule has 2 rings (SSSR count). The van der Waals surface area contributed by atoms with Crippen LogP contribution in [-0.4, -0.2) is 16.8 Å². The van der Waals surface area contributed by atoms with Crippen LogP contribution in [0.3, 0.4) is 0 Å². The summed E-state index contributed by atoms with van der Waals surface area (Å²) in [5.41, 5.74) is 3.44. The normalized spacial score (nSPS) is 10.7. The first kappa shape index (κ1) is 11.4. The van der Waals surface area contributed by atoms with Crippen molar-refractivity contribution in [3.05, 3.63) is 40.6 Å². The topological polar surface area (TPSA) is 29.9 Å². The predicted octanol–water partition coefficient (Wildman–Crippen LogP) is 2.57. The number of aromatic nitrogens is 2. The largest absolute Gasteiger partial charge is 0.314 e. The SMILES string of the molecule is CNCc1nn(C)cc1-c1cccc(Br)c1. The smallest absolute Gasteiger partial charge is 0.0840 e. The number of hydrogen-bond donors (Lipinski definition) is 1. The molecule has 0 aliphatic carbocycles. The molecule has 84 valence electrons. The number of benzene rings is 1. The van der Waals surface area contributed by atoms with Gasteiger partial charge in [0.1, 0.15) is 0 Å². The van der Waals surface area contributed by atoms with Gasteiger partial charge >= 0.3 is 0 Å². The molecule has 0 saturated carbocycles. The van der Waals surface area contributed by atoms with Crippen LogP contribution < -0.4 is 5.32 Å². The van der Waals surface area contributed by atoms with Gasteiger partial charge in [-0.15, -0.1) is 0 Å². The van der Waals surface area contributed by atoms with Crippen molar-refractivity contribution >= 4 is 15.9 Å². The molecule has 4 heteroatoms. The van der Waals surface area contributed by atoms with Gasteiger partial charge in [0, 0.05) is 29.8 Å². The van der Waals surface area contributed by atoms with Crippen LogP contribution in [0.4, 0.5) is 0 Å². The van der Waals surface area contributed by atoms with Gasteiger partial charge < -0.3 is 5.32 Å². The summed E-state index contributed by atoms with van der Waals surface area (Å²) in [4.78, 5) is 0. The van der Waals surface area contributed by atoms with Gasteiger partial charge in [0.2, 0.25) is 0 Å². The third-order valence-corrected chi connectivity index (χ3v) is 2.88. The minimum atomic E-state index is 0.780. The first-order chi connectivity index (χ1) is 7.70. The van der Waals surface area contributed by atoms with Gasteiger partial charge in [-0.1, -0.05) is 28.1 Å². The standard InChI is InChI=1S/C12H14BrN3/c1-14-7-12-11(8-16(2)15-12)9-4-3-5-10(13)6-9/h3-6,8,14H,7H2,1-2H3. The first-order valence-electron chi connectivity index (χ1n) is 5.14. The average Bonchev–Trinajstić information content (AvgIpc) is 2.60. The monoisotopic (exact) mass is 279 g/mol. The Labute approximate surface area is 104 Å². The summed E-state index contributed by atoms with van der Waals surface area (Å²) in [6.07, 6.45) is 2.05. The Morgan fingerprint density at radius 1 is 1.44 bits per heavy atom. The predicted molar refractivity (Wildman–Crippen MR) is 69.1 cm³/mol. The molecule has 0 bridgehead atoms. The summed E-state index contributed by atoms with van der Waals surface area (Å²) in [7, 11) is 3.88. The molecular formula is C12H14BrN3. The van der Waals surface area contributed by atoms with Gasteiger partial charge in [0.25, 0.3) is 0 Å². The van der Waals surface area contributed by atoms with E-state index in [0.717, 1.165) is 16.7 Å². The van der Waals surface area contributed by atoms with E-state index in [0.29, 0.717) is 0 Å². The van der Waals surface area contributed by atoms with Crippen LogP contribution in [0.1, 0.15) is 5.69 Å². The number of nitrogens with zero attached hydrogens (tertiary/aromatic N) is 2. The van der Waals surface area contributed by atoms with Gasteiger partial charge in [-0.3, -0.25) is 4.68 Å². The van der Waals surface area contributed by atoms with E-state index < -0.39 is 0 Å². The first-order valence-corrected chi connectivity index (χ1v) is 5.93.